The van der Waals surface area contributed by atoms with Crippen LogP contribution in [-0.4, -0.2) is 40.0 Å². The summed E-state index contributed by atoms with van der Waals surface area (Å²) in [6, 6.07) is 3.26. The number of pyridine rings is 2. The molecule has 0 fully saturated rings. The van der Waals surface area contributed by atoms with Crippen LogP contribution >= 0.6 is 0 Å². The van der Waals surface area contributed by atoms with Crippen LogP contribution in [0.1, 0.15) is 51.6 Å². The first kappa shape index (κ1) is 29.2. The van der Waals surface area contributed by atoms with E-state index < -0.39 is 10.9 Å². The van der Waals surface area contributed by atoms with Crippen LogP contribution in [0.3, 0.4) is 0 Å². The number of ether oxygens (including phenoxy) is 2. The molecular weight excluding hydrogens is 428 g/mol. The highest BCUT2D eigenvalue weighted by atomic mass is 16.6. The Balaban J connectivity index is 0. The van der Waals surface area contributed by atoms with Gasteiger partial charge in [0.25, 0.3) is 5.69 Å². The molecule has 0 aliphatic carbocycles. The lowest BCUT2D eigenvalue weighted by Gasteiger charge is -2.05. The van der Waals surface area contributed by atoms with Crippen molar-refractivity contribution in [1.29, 1.82) is 0 Å². The smallest absolute Gasteiger partial charge is 0.330 e. The Hall–Kier alpha value is -3.82. The third-order valence-corrected chi connectivity index (χ3v) is 3.91. The van der Waals surface area contributed by atoms with Crippen molar-refractivity contribution >= 4 is 29.4 Å². The van der Waals surface area contributed by atoms with Crippen molar-refractivity contribution in [3.63, 3.8) is 0 Å². The summed E-state index contributed by atoms with van der Waals surface area (Å²) < 4.78 is 9.48. The summed E-state index contributed by atoms with van der Waals surface area (Å²) in [6.07, 6.45) is 6.50. The standard InChI is InChI=1S/C11H12N2O4.C11H16N2O2.CH4.H2/c1-3-17-11(14)5-4-9-10(13(15)16)6-8(2)7-12-9;1-3-15-11(14)5-4-10-9(12)6-8(2)7-13-10;;/h4-7H,3H2,1-2H3;6-7H,3-5,12H2,1-2H3;1H4;1H/b5-4+;;;. The van der Waals surface area contributed by atoms with Gasteiger partial charge in [-0.1, -0.05) is 7.43 Å². The van der Waals surface area contributed by atoms with Gasteiger partial charge in [-0.2, -0.15) is 0 Å². The van der Waals surface area contributed by atoms with Crippen LogP contribution in [0, 0.1) is 24.0 Å². The third kappa shape index (κ3) is 10.9. The SMILES string of the molecule is C.CCOC(=O)/C=C/c1ncc(C)cc1[N+](=O)[O-].CCOC(=O)CCc1ncc(C)cc1N.[HH]. The summed E-state index contributed by atoms with van der Waals surface area (Å²) in [6.45, 7) is 7.77. The fraction of sp³-hybridized carbons (Fsp3) is 0.391. The normalized spacial score (nSPS) is 9.94. The number of nitro groups is 1. The second-order valence-electron chi connectivity index (χ2n) is 6.61. The molecule has 0 bridgehead atoms. The molecule has 0 atom stereocenters. The van der Waals surface area contributed by atoms with E-state index in [4.69, 9.17) is 10.5 Å². The van der Waals surface area contributed by atoms with Crippen LogP contribution in [0.2, 0.25) is 0 Å². The first-order chi connectivity index (χ1) is 15.2. The quantitative estimate of drug-likeness (QED) is 0.263. The Morgan fingerprint density at radius 3 is 2.30 bits per heavy atom. The maximum atomic E-state index is 11.1. The molecule has 0 amide bonds. The number of carbonyl (C=O) groups is 2. The second kappa shape index (κ2) is 15.1. The number of esters is 2. The molecule has 182 valence electrons. The summed E-state index contributed by atoms with van der Waals surface area (Å²) >= 11 is 0. The molecule has 0 aliphatic heterocycles. The van der Waals surface area contributed by atoms with E-state index in [-0.39, 0.29) is 32.8 Å². The molecule has 2 aromatic heterocycles. The molecule has 0 unspecified atom stereocenters. The summed E-state index contributed by atoms with van der Waals surface area (Å²) in [5, 5.41) is 10.8. The molecule has 2 N–H and O–H groups in total. The Labute approximate surface area is 195 Å². The molecule has 0 saturated carbocycles. The van der Waals surface area contributed by atoms with E-state index in [2.05, 4.69) is 14.7 Å². The van der Waals surface area contributed by atoms with Gasteiger partial charge in [-0.25, -0.2) is 9.78 Å². The van der Waals surface area contributed by atoms with Crippen molar-refractivity contribution in [3.8, 4) is 0 Å². The number of anilines is 1. The number of hydrogen-bond donors (Lipinski definition) is 1. The molecule has 10 nitrogen and oxygen atoms in total. The van der Waals surface area contributed by atoms with E-state index >= 15 is 0 Å². The monoisotopic (exact) mass is 462 g/mol. The fourth-order valence-corrected chi connectivity index (χ4v) is 2.46. The number of carbonyl (C=O) groups excluding carboxylic acids is 2. The largest absolute Gasteiger partial charge is 0.466 e. The highest BCUT2D eigenvalue weighted by Crippen LogP contribution is 2.18. The Morgan fingerprint density at radius 1 is 1.12 bits per heavy atom. The fourth-order valence-electron chi connectivity index (χ4n) is 2.46. The van der Waals surface area contributed by atoms with Gasteiger partial charge in [0.05, 0.1) is 35.9 Å². The predicted molar refractivity (Wildman–Crippen MR) is 128 cm³/mol. The lowest BCUT2D eigenvalue weighted by molar-refractivity contribution is -0.385. The number of nitrogens with two attached hydrogens (primary N) is 1. The van der Waals surface area contributed by atoms with Crippen molar-refractivity contribution in [2.45, 2.75) is 48.0 Å². The van der Waals surface area contributed by atoms with Gasteiger partial charge in [-0.3, -0.25) is 19.9 Å². The molecular formula is C23H34N4O6. The highest BCUT2D eigenvalue weighted by Gasteiger charge is 2.13. The van der Waals surface area contributed by atoms with Crippen molar-refractivity contribution in [2.24, 2.45) is 0 Å². The van der Waals surface area contributed by atoms with Crippen LogP contribution < -0.4 is 5.73 Å². The second-order valence-corrected chi connectivity index (χ2v) is 6.61. The number of rotatable bonds is 8. The van der Waals surface area contributed by atoms with Crippen molar-refractivity contribution in [2.75, 3.05) is 18.9 Å². The van der Waals surface area contributed by atoms with Crippen molar-refractivity contribution in [1.82, 2.24) is 9.97 Å². The van der Waals surface area contributed by atoms with Crippen LogP contribution in [0.25, 0.3) is 6.08 Å². The summed E-state index contributed by atoms with van der Waals surface area (Å²) in [5.41, 5.74) is 8.87. The van der Waals surface area contributed by atoms with Gasteiger partial charge >= 0.3 is 11.9 Å². The number of hydrogen-bond acceptors (Lipinski definition) is 9. The molecule has 0 aromatic carbocycles. The summed E-state index contributed by atoms with van der Waals surface area (Å²) in [4.78, 5) is 40.5. The van der Waals surface area contributed by atoms with E-state index in [0.29, 0.717) is 30.7 Å². The average molecular weight is 463 g/mol. The lowest BCUT2D eigenvalue weighted by Crippen LogP contribution is -2.07. The highest BCUT2D eigenvalue weighted by molar-refractivity contribution is 5.87. The summed E-state index contributed by atoms with van der Waals surface area (Å²) in [5.74, 6) is -0.761. The molecule has 0 saturated heterocycles. The van der Waals surface area contributed by atoms with Crippen LogP contribution in [0.5, 0.6) is 0 Å². The molecule has 10 heteroatoms. The summed E-state index contributed by atoms with van der Waals surface area (Å²) in [7, 11) is 0. The van der Waals surface area contributed by atoms with Crippen molar-refractivity contribution < 1.29 is 25.4 Å². The van der Waals surface area contributed by atoms with Gasteiger partial charge in [-0.15, -0.1) is 0 Å². The Bertz CT molecular complexity index is 982. The predicted octanol–water partition coefficient (Wildman–Crippen LogP) is 4.22. The zero-order valence-electron chi connectivity index (χ0n) is 18.7. The first-order valence-corrected chi connectivity index (χ1v) is 10.00. The average Bonchev–Trinajstić information content (AvgIpc) is 2.73. The first-order valence-electron chi connectivity index (χ1n) is 10.00. The molecule has 2 rings (SSSR count). The number of nitrogen functional groups attached to an aromatic ring is 1. The van der Waals surface area contributed by atoms with Gasteiger partial charge in [0.15, 0.2) is 0 Å². The van der Waals surface area contributed by atoms with E-state index in [1.54, 1.807) is 27.0 Å². The van der Waals surface area contributed by atoms with Crippen LogP contribution in [0.15, 0.2) is 30.6 Å². The molecule has 2 aromatic rings. The minimum Gasteiger partial charge on any atom is -0.466 e. The molecule has 33 heavy (non-hydrogen) atoms. The molecule has 0 spiro atoms. The van der Waals surface area contributed by atoms with Gasteiger partial charge in [0.1, 0.15) is 5.69 Å². The Morgan fingerprint density at radius 2 is 1.73 bits per heavy atom. The topological polar surface area (TPSA) is 148 Å². The molecule has 0 radical (unpaired) electrons. The van der Waals surface area contributed by atoms with Gasteiger partial charge in [0.2, 0.25) is 0 Å². The minimum atomic E-state index is -0.552. The van der Waals surface area contributed by atoms with Gasteiger partial charge in [0, 0.05) is 32.4 Å². The number of nitrogens with zero attached hydrogens (tertiary/aromatic N) is 3. The van der Waals surface area contributed by atoms with Crippen LogP contribution in [0.4, 0.5) is 11.4 Å². The molecule has 2 heterocycles. The van der Waals surface area contributed by atoms with Crippen molar-refractivity contribution in [3.05, 3.63) is 63.2 Å². The maximum Gasteiger partial charge on any atom is 0.330 e. The van der Waals surface area contributed by atoms with Crippen LogP contribution in [-0.2, 0) is 25.5 Å². The zero-order chi connectivity index (χ0) is 24.1. The van der Waals surface area contributed by atoms with E-state index in [1.165, 1.54) is 18.3 Å². The minimum absolute atomic E-state index is 0. The van der Waals surface area contributed by atoms with E-state index in [0.717, 1.165) is 17.3 Å². The Kier molecular flexibility index (Phi) is 13.3. The number of aromatic nitrogens is 2. The lowest BCUT2D eigenvalue weighted by atomic mass is 10.1. The number of aryl methyl sites for hydroxylation is 3. The van der Waals surface area contributed by atoms with E-state index in [9.17, 15) is 19.7 Å². The zero-order valence-corrected chi connectivity index (χ0v) is 18.7. The maximum absolute atomic E-state index is 11.1. The molecule has 0 aliphatic rings. The third-order valence-electron chi connectivity index (χ3n) is 3.91. The van der Waals surface area contributed by atoms with Gasteiger partial charge < -0.3 is 15.2 Å². The van der Waals surface area contributed by atoms with Gasteiger partial charge in [-0.05, 0) is 51.0 Å². The van der Waals surface area contributed by atoms with E-state index in [1.807, 2.05) is 13.0 Å².